The van der Waals surface area contributed by atoms with Crippen LogP contribution in [-0.2, 0) is 7.05 Å². The maximum atomic E-state index is 9.87. The molecule has 1 atom stereocenters. The van der Waals surface area contributed by atoms with Crippen molar-refractivity contribution >= 4 is 16.9 Å². The van der Waals surface area contributed by atoms with Crippen LogP contribution in [0.2, 0.25) is 0 Å². The van der Waals surface area contributed by atoms with Crippen LogP contribution in [0.3, 0.4) is 0 Å². The third-order valence-corrected chi connectivity index (χ3v) is 4.21. The number of pyridine rings is 1. The van der Waals surface area contributed by atoms with Crippen LogP contribution >= 0.6 is 0 Å². The first-order valence-corrected chi connectivity index (χ1v) is 8.29. The van der Waals surface area contributed by atoms with Gasteiger partial charge in [-0.25, -0.2) is 9.97 Å². The summed E-state index contributed by atoms with van der Waals surface area (Å²) >= 11 is 0. The van der Waals surface area contributed by atoms with E-state index < -0.39 is 0 Å². The summed E-state index contributed by atoms with van der Waals surface area (Å²) < 4.78 is 1.71. The van der Waals surface area contributed by atoms with Gasteiger partial charge in [0, 0.05) is 25.0 Å². The molecule has 4 rings (SSSR count). The van der Waals surface area contributed by atoms with E-state index in [0.717, 1.165) is 16.5 Å². The Morgan fingerprint density at radius 1 is 1.08 bits per heavy atom. The molecule has 4 aromatic rings. The second kappa shape index (κ2) is 6.89. The summed E-state index contributed by atoms with van der Waals surface area (Å²) in [5.41, 5.74) is 2.51. The lowest BCUT2D eigenvalue weighted by Gasteiger charge is -2.18. The first kappa shape index (κ1) is 16.2. The maximum absolute atomic E-state index is 9.87. The van der Waals surface area contributed by atoms with Crippen LogP contribution in [0.15, 0.2) is 61.1 Å². The summed E-state index contributed by atoms with van der Waals surface area (Å²) in [4.78, 5) is 13.4. The first-order chi connectivity index (χ1) is 12.8. The SMILES string of the molecule is Cn1ncc2c(N[C@H](CO)c3ccccc3)nc(-c3cccnc3)nc21. The predicted octanol–water partition coefficient (Wildman–Crippen LogP) is 2.57. The van der Waals surface area contributed by atoms with Crippen LogP contribution in [0.25, 0.3) is 22.4 Å². The van der Waals surface area contributed by atoms with Gasteiger partial charge in [-0.1, -0.05) is 30.3 Å². The van der Waals surface area contributed by atoms with Crippen molar-refractivity contribution in [2.24, 2.45) is 7.05 Å². The van der Waals surface area contributed by atoms with Crippen LogP contribution in [-0.4, -0.2) is 36.4 Å². The number of hydrogen-bond acceptors (Lipinski definition) is 6. The fourth-order valence-electron chi connectivity index (χ4n) is 2.84. The number of aryl methyl sites for hydroxylation is 1. The summed E-state index contributed by atoms with van der Waals surface area (Å²) in [5, 5.41) is 18.3. The Hall–Kier alpha value is -3.32. The lowest BCUT2D eigenvalue weighted by Crippen LogP contribution is -2.16. The third-order valence-electron chi connectivity index (χ3n) is 4.21. The molecule has 0 aliphatic heterocycles. The second-order valence-electron chi connectivity index (χ2n) is 5.93. The topological polar surface area (TPSA) is 88.8 Å². The van der Waals surface area contributed by atoms with Crippen LogP contribution in [0.1, 0.15) is 11.6 Å². The van der Waals surface area contributed by atoms with E-state index in [4.69, 9.17) is 0 Å². The number of aliphatic hydroxyl groups is 1. The molecule has 2 N–H and O–H groups in total. The predicted molar refractivity (Wildman–Crippen MR) is 99.4 cm³/mol. The molecule has 0 saturated heterocycles. The molecule has 26 heavy (non-hydrogen) atoms. The molecule has 7 heteroatoms. The molecule has 0 spiro atoms. The fourth-order valence-corrected chi connectivity index (χ4v) is 2.84. The molecule has 0 saturated carbocycles. The average Bonchev–Trinajstić information content (AvgIpc) is 3.08. The van der Waals surface area contributed by atoms with Gasteiger partial charge in [0.15, 0.2) is 11.5 Å². The molecule has 0 amide bonds. The quantitative estimate of drug-likeness (QED) is 0.577. The normalized spacial score (nSPS) is 12.2. The van der Waals surface area contributed by atoms with Gasteiger partial charge in [0.25, 0.3) is 0 Å². The summed E-state index contributed by atoms with van der Waals surface area (Å²) in [6, 6.07) is 13.3. The number of benzene rings is 1. The zero-order valence-electron chi connectivity index (χ0n) is 14.2. The number of rotatable bonds is 5. The maximum Gasteiger partial charge on any atom is 0.165 e. The third kappa shape index (κ3) is 3.00. The molecule has 0 radical (unpaired) electrons. The Labute approximate surface area is 150 Å². The molecule has 0 unspecified atom stereocenters. The Balaban J connectivity index is 1.81. The lowest BCUT2D eigenvalue weighted by atomic mass is 10.1. The molecule has 0 fully saturated rings. The molecule has 130 valence electrons. The molecule has 1 aromatic carbocycles. The van der Waals surface area contributed by atoms with E-state index in [2.05, 4.69) is 25.4 Å². The van der Waals surface area contributed by atoms with Crippen molar-refractivity contribution in [3.05, 3.63) is 66.6 Å². The van der Waals surface area contributed by atoms with E-state index in [1.807, 2.05) is 49.5 Å². The molecule has 3 aromatic heterocycles. The number of aromatic nitrogens is 5. The highest BCUT2D eigenvalue weighted by Crippen LogP contribution is 2.27. The highest BCUT2D eigenvalue weighted by molar-refractivity contribution is 5.88. The van der Waals surface area contributed by atoms with Gasteiger partial charge in [0.1, 0.15) is 5.82 Å². The number of fused-ring (bicyclic) bond motifs is 1. The van der Waals surface area contributed by atoms with Crippen molar-refractivity contribution in [1.82, 2.24) is 24.7 Å². The minimum atomic E-state index is -0.281. The minimum Gasteiger partial charge on any atom is -0.394 e. The molecule has 0 aliphatic rings. The van der Waals surface area contributed by atoms with Gasteiger partial charge in [-0.15, -0.1) is 0 Å². The van der Waals surface area contributed by atoms with E-state index in [9.17, 15) is 5.11 Å². The largest absolute Gasteiger partial charge is 0.394 e. The number of aliphatic hydroxyl groups excluding tert-OH is 1. The zero-order valence-corrected chi connectivity index (χ0v) is 14.2. The Morgan fingerprint density at radius 3 is 2.65 bits per heavy atom. The molecule has 3 heterocycles. The highest BCUT2D eigenvalue weighted by Gasteiger charge is 2.17. The summed E-state index contributed by atoms with van der Waals surface area (Å²) in [7, 11) is 1.84. The van der Waals surface area contributed by atoms with Crippen LogP contribution in [0.5, 0.6) is 0 Å². The number of hydrogen-bond donors (Lipinski definition) is 2. The van der Waals surface area contributed by atoms with Crippen molar-refractivity contribution in [3.8, 4) is 11.4 Å². The van der Waals surface area contributed by atoms with E-state index in [1.165, 1.54) is 0 Å². The van der Waals surface area contributed by atoms with E-state index in [0.29, 0.717) is 17.3 Å². The van der Waals surface area contributed by atoms with Crippen molar-refractivity contribution in [2.45, 2.75) is 6.04 Å². The van der Waals surface area contributed by atoms with Gasteiger partial charge in [-0.2, -0.15) is 5.10 Å². The number of nitrogens with one attached hydrogen (secondary N) is 1. The van der Waals surface area contributed by atoms with Crippen LogP contribution < -0.4 is 5.32 Å². The standard InChI is InChI=1S/C19H18N6O/c1-25-19-15(11-21-25)18(22-16(12-26)13-6-3-2-4-7-13)23-17(24-19)14-8-5-9-20-10-14/h2-11,16,26H,12H2,1H3,(H,22,23,24)/t16-/m1/s1. The van der Waals surface area contributed by atoms with Crippen molar-refractivity contribution < 1.29 is 5.11 Å². The summed E-state index contributed by atoms with van der Waals surface area (Å²) in [6.45, 7) is -0.0575. The summed E-state index contributed by atoms with van der Waals surface area (Å²) in [6.07, 6.45) is 5.16. The van der Waals surface area contributed by atoms with Gasteiger partial charge < -0.3 is 10.4 Å². The van der Waals surface area contributed by atoms with Gasteiger partial charge in [0.2, 0.25) is 0 Å². The van der Waals surface area contributed by atoms with E-state index in [-0.39, 0.29) is 12.6 Å². The Bertz CT molecular complexity index is 1020. The van der Waals surface area contributed by atoms with Crippen molar-refractivity contribution in [3.63, 3.8) is 0 Å². The van der Waals surface area contributed by atoms with E-state index >= 15 is 0 Å². The molecule has 7 nitrogen and oxygen atoms in total. The smallest absolute Gasteiger partial charge is 0.165 e. The molecular weight excluding hydrogens is 328 g/mol. The fraction of sp³-hybridized carbons (Fsp3) is 0.158. The number of anilines is 1. The molecular formula is C19H18N6O. The monoisotopic (exact) mass is 346 g/mol. The minimum absolute atomic E-state index is 0.0575. The Kier molecular flexibility index (Phi) is 4.28. The zero-order chi connectivity index (χ0) is 17.9. The number of nitrogens with zero attached hydrogens (tertiary/aromatic N) is 5. The van der Waals surface area contributed by atoms with Gasteiger partial charge >= 0.3 is 0 Å². The first-order valence-electron chi connectivity index (χ1n) is 8.29. The molecule has 0 aliphatic carbocycles. The highest BCUT2D eigenvalue weighted by atomic mass is 16.3. The lowest BCUT2D eigenvalue weighted by molar-refractivity contribution is 0.276. The van der Waals surface area contributed by atoms with Crippen LogP contribution in [0.4, 0.5) is 5.82 Å². The van der Waals surface area contributed by atoms with Gasteiger partial charge in [-0.3, -0.25) is 9.67 Å². The average molecular weight is 346 g/mol. The van der Waals surface area contributed by atoms with Gasteiger partial charge in [0.05, 0.1) is 24.2 Å². The second-order valence-corrected chi connectivity index (χ2v) is 5.93. The van der Waals surface area contributed by atoms with Crippen LogP contribution in [0, 0.1) is 0 Å². The van der Waals surface area contributed by atoms with Crippen molar-refractivity contribution in [1.29, 1.82) is 0 Å². The summed E-state index contributed by atoms with van der Waals surface area (Å²) in [5.74, 6) is 1.19. The Morgan fingerprint density at radius 2 is 1.92 bits per heavy atom. The van der Waals surface area contributed by atoms with Crippen molar-refractivity contribution in [2.75, 3.05) is 11.9 Å². The van der Waals surface area contributed by atoms with E-state index in [1.54, 1.807) is 23.3 Å². The van der Waals surface area contributed by atoms with Gasteiger partial charge in [-0.05, 0) is 17.7 Å². The molecule has 0 bridgehead atoms.